The van der Waals surface area contributed by atoms with Gasteiger partial charge in [0.2, 0.25) is 0 Å². The first-order chi connectivity index (χ1) is 9.12. The molecule has 1 aromatic heterocycles. The molecule has 1 heterocycles. The van der Waals surface area contributed by atoms with Crippen LogP contribution in [0.5, 0.6) is 11.5 Å². The van der Waals surface area contributed by atoms with Gasteiger partial charge in [0.1, 0.15) is 17.3 Å². The lowest BCUT2D eigenvalue weighted by Gasteiger charge is -2.10. The van der Waals surface area contributed by atoms with Crippen LogP contribution in [-0.2, 0) is 13.7 Å². The van der Waals surface area contributed by atoms with E-state index < -0.39 is 0 Å². The Morgan fingerprint density at radius 1 is 1.26 bits per heavy atom. The first-order valence-electron chi connectivity index (χ1n) is 5.97. The average Bonchev–Trinajstić information content (AvgIpc) is 2.74. The minimum atomic E-state index is -0.0713. The molecule has 0 unspecified atom stereocenters. The van der Waals surface area contributed by atoms with Crippen LogP contribution in [0.2, 0.25) is 0 Å². The van der Waals surface area contributed by atoms with Gasteiger partial charge in [-0.15, -0.1) is 0 Å². The van der Waals surface area contributed by atoms with Gasteiger partial charge in [0, 0.05) is 18.8 Å². The highest BCUT2D eigenvalue weighted by Gasteiger charge is 2.16. The van der Waals surface area contributed by atoms with Gasteiger partial charge in [-0.2, -0.15) is 0 Å². The highest BCUT2D eigenvalue weighted by Crippen LogP contribution is 2.33. The SMILES string of the molecule is COc1ccc(-c2nc(CO)c(C)n2C)c(OC)c1. The number of hydrogen-bond acceptors (Lipinski definition) is 4. The fourth-order valence-electron chi connectivity index (χ4n) is 2.01. The quantitative estimate of drug-likeness (QED) is 0.914. The van der Waals surface area contributed by atoms with Crippen molar-refractivity contribution in [3.8, 4) is 22.9 Å². The van der Waals surface area contributed by atoms with Crippen LogP contribution in [0.25, 0.3) is 11.4 Å². The molecule has 0 bridgehead atoms. The average molecular weight is 262 g/mol. The van der Waals surface area contributed by atoms with E-state index in [1.807, 2.05) is 36.7 Å². The zero-order chi connectivity index (χ0) is 14.0. The highest BCUT2D eigenvalue weighted by molar-refractivity contribution is 5.67. The molecule has 102 valence electrons. The van der Waals surface area contributed by atoms with Crippen LogP contribution in [0, 0.1) is 6.92 Å². The lowest BCUT2D eigenvalue weighted by Crippen LogP contribution is -1.97. The summed E-state index contributed by atoms with van der Waals surface area (Å²) >= 11 is 0. The molecule has 0 aliphatic rings. The zero-order valence-electron chi connectivity index (χ0n) is 11.6. The van der Waals surface area contributed by atoms with Gasteiger partial charge >= 0.3 is 0 Å². The Morgan fingerprint density at radius 2 is 2.00 bits per heavy atom. The number of methoxy groups -OCH3 is 2. The van der Waals surface area contributed by atoms with Crippen molar-refractivity contribution in [2.75, 3.05) is 14.2 Å². The molecule has 0 saturated carbocycles. The normalized spacial score (nSPS) is 10.6. The summed E-state index contributed by atoms with van der Waals surface area (Å²) in [4.78, 5) is 4.45. The Balaban J connectivity index is 2.58. The van der Waals surface area contributed by atoms with Crippen LogP contribution in [0.3, 0.4) is 0 Å². The summed E-state index contributed by atoms with van der Waals surface area (Å²) < 4.78 is 12.5. The standard InChI is InChI=1S/C14H18N2O3/c1-9-12(8-17)15-14(16(9)2)11-6-5-10(18-3)7-13(11)19-4/h5-7,17H,8H2,1-4H3. The van der Waals surface area contributed by atoms with E-state index in [9.17, 15) is 5.11 Å². The van der Waals surface area contributed by atoms with E-state index in [4.69, 9.17) is 9.47 Å². The number of hydrogen-bond donors (Lipinski definition) is 1. The smallest absolute Gasteiger partial charge is 0.144 e. The van der Waals surface area contributed by atoms with Crippen LogP contribution < -0.4 is 9.47 Å². The van der Waals surface area contributed by atoms with Crippen molar-refractivity contribution < 1.29 is 14.6 Å². The zero-order valence-corrected chi connectivity index (χ0v) is 11.6. The number of nitrogens with zero attached hydrogens (tertiary/aromatic N) is 2. The Hall–Kier alpha value is -2.01. The minimum absolute atomic E-state index is 0.0713. The van der Waals surface area contributed by atoms with Crippen molar-refractivity contribution in [1.29, 1.82) is 0 Å². The maximum absolute atomic E-state index is 9.28. The molecule has 0 aliphatic carbocycles. The van der Waals surface area contributed by atoms with Gasteiger partial charge < -0.3 is 19.1 Å². The fourth-order valence-corrected chi connectivity index (χ4v) is 2.01. The maximum atomic E-state index is 9.28. The topological polar surface area (TPSA) is 56.5 Å². The maximum Gasteiger partial charge on any atom is 0.144 e. The fraction of sp³-hybridized carbons (Fsp3) is 0.357. The largest absolute Gasteiger partial charge is 0.497 e. The van der Waals surface area contributed by atoms with Crippen molar-refractivity contribution in [3.63, 3.8) is 0 Å². The molecular weight excluding hydrogens is 244 g/mol. The summed E-state index contributed by atoms with van der Waals surface area (Å²) in [6, 6.07) is 5.58. The Morgan fingerprint density at radius 3 is 2.53 bits per heavy atom. The lowest BCUT2D eigenvalue weighted by molar-refractivity contribution is 0.276. The van der Waals surface area contributed by atoms with E-state index in [1.165, 1.54) is 0 Å². The molecule has 19 heavy (non-hydrogen) atoms. The molecule has 0 spiro atoms. The molecule has 5 heteroatoms. The Bertz CT molecular complexity index is 591. The van der Waals surface area contributed by atoms with E-state index in [0.29, 0.717) is 11.4 Å². The number of rotatable bonds is 4. The third-order valence-electron chi connectivity index (χ3n) is 3.28. The van der Waals surface area contributed by atoms with E-state index in [0.717, 1.165) is 22.8 Å². The predicted molar refractivity (Wildman–Crippen MR) is 72.4 cm³/mol. The van der Waals surface area contributed by atoms with Crippen molar-refractivity contribution in [1.82, 2.24) is 9.55 Å². The van der Waals surface area contributed by atoms with Crippen LogP contribution in [-0.4, -0.2) is 28.9 Å². The number of imidazole rings is 1. The van der Waals surface area contributed by atoms with Crippen LogP contribution >= 0.6 is 0 Å². The van der Waals surface area contributed by atoms with Crippen molar-refractivity contribution >= 4 is 0 Å². The molecule has 0 radical (unpaired) electrons. The van der Waals surface area contributed by atoms with Crippen LogP contribution in [0.4, 0.5) is 0 Å². The van der Waals surface area contributed by atoms with Gasteiger partial charge in [-0.25, -0.2) is 4.98 Å². The molecule has 0 saturated heterocycles. The number of aromatic nitrogens is 2. The third kappa shape index (κ3) is 2.29. The molecule has 0 fully saturated rings. The Kier molecular flexibility index (Phi) is 3.76. The summed E-state index contributed by atoms with van der Waals surface area (Å²) in [6.07, 6.45) is 0. The predicted octanol–water partition coefficient (Wildman–Crippen LogP) is 1.91. The summed E-state index contributed by atoms with van der Waals surface area (Å²) in [5.74, 6) is 2.19. The molecule has 0 aliphatic heterocycles. The monoisotopic (exact) mass is 262 g/mol. The van der Waals surface area contributed by atoms with Crippen LogP contribution in [0.15, 0.2) is 18.2 Å². The third-order valence-corrected chi connectivity index (χ3v) is 3.28. The number of aliphatic hydroxyl groups excluding tert-OH is 1. The molecule has 1 aromatic carbocycles. The van der Waals surface area contributed by atoms with E-state index >= 15 is 0 Å². The molecule has 2 rings (SSSR count). The van der Waals surface area contributed by atoms with E-state index in [-0.39, 0.29) is 6.61 Å². The van der Waals surface area contributed by atoms with Crippen molar-refractivity contribution in [3.05, 3.63) is 29.6 Å². The summed E-state index contributed by atoms with van der Waals surface area (Å²) in [5.41, 5.74) is 2.49. The first-order valence-corrected chi connectivity index (χ1v) is 5.97. The van der Waals surface area contributed by atoms with Gasteiger partial charge in [0.15, 0.2) is 0 Å². The first kappa shape index (κ1) is 13.4. The molecular formula is C14H18N2O3. The number of benzene rings is 1. The highest BCUT2D eigenvalue weighted by atomic mass is 16.5. The van der Waals surface area contributed by atoms with Gasteiger partial charge in [-0.05, 0) is 19.1 Å². The van der Waals surface area contributed by atoms with Gasteiger partial charge in [0.05, 0.1) is 32.1 Å². The second-order valence-corrected chi connectivity index (χ2v) is 4.25. The molecule has 1 N–H and O–H groups in total. The minimum Gasteiger partial charge on any atom is -0.497 e. The lowest BCUT2D eigenvalue weighted by atomic mass is 10.2. The van der Waals surface area contributed by atoms with Gasteiger partial charge in [-0.3, -0.25) is 0 Å². The molecule has 2 aromatic rings. The summed E-state index contributed by atoms with van der Waals surface area (Å²) in [7, 11) is 5.14. The number of ether oxygens (including phenoxy) is 2. The second kappa shape index (κ2) is 5.32. The number of aliphatic hydroxyl groups is 1. The van der Waals surface area contributed by atoms with Crippen molar-refractivity contribution in [2.45, 2.75) is 13.5 Å². The molecule has 0 amide bonds. The van der Waals surface area contributed by atoms with Crippen LogP contribution in [0.1, 0.15) is 11.4 Å². The Labute approximate surface area is 112 Å². The summed E-state index contributed by atoms with van der Waals surface area (Å²) in [6.45, 7) is 1.86. The molecule has 0 atom stereocenters. The van der Waals surface area contributed by atoms with E-state index in [1.54, 1.807) is 14.2 Å². The van der Waals surface area contributed by atoms with Gasteiger partial charge in [-0.1, -0.05) is 0 Å². The van der Waals surface area contributed by atoms with Crippen molar-refractivity contribution in [2.24, 2.45) is 7.05 Å². The van der Waals surface area contributed by atoms with Gasteiger partial charge in [0.25, 0.3) is 0 Å². The summed E-state index contributed by atoms with van der Waals surface area (Å²) in [5, 5.41) is 9.28. The second-order valence-electron chi connectivity index (χ2n) is 4.25. The molecule has 5 nitrogen and oxygen atoms in total. The van der Waals surface area contributed by atoms with E-state index in [2.05, 4.69) is 4.98 Å².